The van der Waals surface area contributed by atoms with Gasteiger partial charge in [-0.15, -0.1) is 0 Å². The topological polar surface area (TPSA) is 58.4 Å². The average Bonchev–Trinajstić information content (AvgIpc) is 2.82. The highest BCUT2D eigenvalue weighted by Crippen LogP contribution is 2.42. The first-order valence-electron chi connectivity index (χ1n) is 9.91. The van der Waals surface area contributed by atoms with Gasteiger partial charge in [0.25, 0.3) is 0 Å². The molecule has 3 atom stereocenters. The monoisotopic (exact) mass is 343 g/mol. The van der Waals surface area contributed by atoms with Crippen LogP contribution in [-0.4, -0.2) is 42.5 Å². The number of hydrogen-bond donors (Lipinski definition) is 2. The Morgan fingerprint density at radius 1 is 1.24 bits per heavy atom. The molecule has 0 spiro atoms. The van der Waals surface area contributed by atoms with Crippen molar-refractivity contribution in [3.05, 3.63) is 35.4 Å². The molecule has 138 valence electrons. The maximum Gasteiger partial charge on any atom is 0.248 e. The Bertz CT molecular complexity index is 572. The van der Waals surface area contributed by atoms with Crippen molar-refractivity contribution in [2.75, 3.05) is 19.6 Å². The van der Waals surface area contributed by atoms with Crippen LogP contribution in [0.1, 0.15) is 67.8 Å². The van der Waals surface area contributed by atoms with Gasteiger partial charge in [0.1, 0.15) is 0 Å². The Balaban J connectivity index is 1.53. The number of piperidine rings is 1. The molecule has 0 aliphatic carbocycles. The van der Waals surface area contributed by atoms with E-state index in [4.69, 9.17) is 5.73 Å². The van der Waals surface area contributed by atoms with Gasteiger partial charge in [0.15, 0.2) is 0 Å². The number of carbonyl (C=O) groups excluding carboxylic acids is 1. The molecule has 0 saturated carbocycles. The number of amides is 1. The van der Waals surface area contributed by atoms with E-state index in [1.807, 2.05) is 18.2 Å². The zero-order chi connectivity index (χ0) is 17.8. The third kappa shape index (κ3) is 4.62. The first-order chi connectivity index (χ1) is 12.0. The van der Waals surface area contributed by atoms with Crippen LogP contribution in [0.4, 0.5) is 0 Å². The molecule has 0 radical (unpaired) electrons. The van der Waals surface area contributed by atoms with Crippen molar-refractivity contribution in [2.45, 2.75) is 64.0 Å². The van der Waals surface area contributed by atoms with E-state index in [2.05, 4.69) is 30.1 Å². The predicted octanol–water partition coefficient (Wildman–Crippen LogP) is 3.13. The fourth-order valence-electron chi connectivity index (χ4n) is 4.58. The summed E-state index contributed by atoms with van der Waals surface area (Å²) in [7, 11) is 0. The Labute approximate surface area is 152 Å². The standard InChI is InChI=1S/C21H33N3O/c1-15(2)8-9-23-10-11-24-19-6-7-20(24)14-18(13-19)16-4-3-5-17(12-16)21(22)25/h3-5,12,15,18-20,23H,6-11,13-14H2,1-2H3,(H2,22,25)/t18?,19-,20+. The number of nitrogens with one attached hydrogen (secondary N) is 1. The van der Waals surface area contributed by atoms with Gasteiger partial charge in [0.2, 0.25) is 5.91 Å². The Morgan fingerprint density at radius 2 is 1.96 bits per heavy atom. The average molecular weight is 344 g/mol. The highest BCUT2D eigenvalue weighted by atomic mass is 16.1. The zero-order valence-corrected chi connectivity index (χ0v) is 15.7. The summed E-state index contributed by atoms with van der Waals surface area (Å²) < 4.78 is 0. The molecule has 2 fully saturated rings. The van der Waals surface area contributed by atoms with E-state index in [1.54, 1.807) is 0 Å². The summed E-state index contributed by atoms with van der Waals surface area (Å²) in [4.78, 5) is 14.2. The fraction of sp³-hybridized carbons (Fsp3) is 0.667. The number of hydrogen-bond acceptors (Lipinski definition) is 3. The number of nitrogens with two attached hydrogens (primary N) is 1. The summed E-state index contributed by atoms with van der Waals surface area (Å²) in [5.41, 5.74) is 7.38. The Hall–Kier alpha value is -1.39. The van der Waals surface area contributed by atoms with Gasteiger partial charge < -0.3 is 11.1 Å². The van der Waals surface area contributed by atoms with Gasteiger partial charge in [0.05, 0.1) is 0 Å². The molecule has 1 aromatic carbocycles. The highest BCUT2D eigenvalue weighted by molar-refractivity contribution is 5.92. The summed E-state index contributed by atoms with van der Waals surface area (Å²) in [5, 5.41) is 3.60. The molecule has 25 heavy (non-hydrogen) atoms. The van der Waals surface area contributed by atoms with Crippen LogP contribution in [0.15, 0.2) is 24.3 Å². The van der Waals surface area contributed by atoms with Crippen LogP contribution in [0.5, 0.6) is 0 Å². The van der Waals surface area contributed by atoms with E-state index in [0.29, 0.717) is 23.6 Å². The lowest BCUT2D eigenvalue weighted by atomic mass is 9.84. The van der Waals surface area contributed by atoms with Gasteiger partial charge in [-0.3, -0.25) is 9.69 Å². The molecule has 3 N–H and O–H groups in total. The molecule has 2 aliphatic heterocycles. The molecule has 2 saturated heterocycles. The van der Waals surface area contributed by atoms with E-state index in [-0.39, 0.29) is 5.91 Å². The van der Waals surface area contributed by atoms with Crippen LogP contribution >= 0.6 is 0 Å². The van der Waals surface area contributed by atoms with E-state index < -0.39 is 0 Å². The minimum Gasteiger partial charge on any atom is -0.366 e. The number of primary amides is 1. The number of carbonyl (C=O) groups is 1. The van der Waals surface area contributed by atoms with Crippen LogP contribution in [0.2, 0.25) is 0 Å². The second-order valence-corrected chi connectivity index (χ2v) is 8.21. The van der Waals surface area contributed by atoms with Gasteiger partial charge in [-0.2, -0.15) is 0 Å². The molecule has 0 aromatic heterocycles. The summed E-state index contributed by atoms with van der Waals surface area (Å²) in [5.74, 6) is 1.02. The molecule has 3 rings (SSSR count). The van der Waals surface area contributed by atoms with Gasteiger partial charge in [-0.25, -0.2) is 0 Å². The van der Waals surface area contributed by atoms with Crippen molar-refractivity contribution in [3.63, 3.8) is 0 Å². The second-order valence-electron chi connectivity index (χ2n) is 8.21. The van der Waals surface area contributed by atoms with E-state index >= 15 is 0 Å². The minimum atomic E-state index is -0.324. The summed E-state index contributed by atoms with van der Waals surface area (Å²) in [6, 6.07) is 9.37. The SMILES string of the molecule is CC(C)CCNCCN1[C@@H]2CC[C@H]1CC(c1cccc(C(N)=O)c1)C2. The summed E-state index contributed by atoms with van der Waals surface area (Å²) in [6.07, 6.45) is 6.33. The van der Waals surface area contributed by atoms with Crippen molar-refractivity contribution in [1.82, 2.24) is 10.2 Å². The lowest BCUT2D eigenvalue weighted by Crippen LogP contribution is -2.45. The molecule has 1 aromatic rings. The number of rotatable bonds is 8. The van der Waals surface area contributed by atoms with Gasteiger partial charge >= 0.3 is 0 Å². The normalized spacial score (nSPS) is 26.3. The van der Waals surface area contributed by atoms with Crippen molar-refractivity contribution >= 4 is 5.91 Å². The molecule has 2 bridgehead atoms. The lowest BCUT2D eigenvalue weighted by molar-refractivity contribution is 0.1000. The van der Waals surface area contributed by atoms with E-state index in [9.17, 15) is 4.79 Å². The lowest BCUT2D eigenvalue weighted by Gasteiger charge is -2.39. The largest absolute Gasteiger partial charge is 0.366 e. The van der Waals surface area contributed by atoms with Crippen molar-refractivity contribution < 1.29 is 4.79 Å². The Kier molecular flexibility index (Phi) is 6.13. The van der Waals surface area contributed by atoms with E-state index in [1.165, 1.54) is 44.2 Å². The third-order valence-corrected chi connectivity index (χ3v) is 5.97. The van der Waals surface area contributed by atoms with Crippen LogP contribution < -0.4 is 11.1 Å². The maximum atomic E-state index is 11.4. The Morgan fingerprint density at radius 3 is 2.60 bits per heavy atom. The molecule has 1 unspecified atom stereocenters. The van der Waals surface area contributed by atoms with Gasteiger partial charge in [-0.1, -0.05) is 26.0 Å². The number of nitrogens with zero attached hydrogens (tertiary/aromatic N) is 1. The van der Waals surface area contributed by atoms with Crippen LogP contribution in [0.3, 0.4) is 0 Å². The summed E-state index contributed by atoms with van der Waals surface area (Å²) >= 11 is 0. The predicted molar refractivity (Wildman–Crippen MR) is 103 cm³/mol. The van der Waals surface area contributed by atoms with Crippen molar-refractivity contribution in [1.29, 1.82) is 0 Å². The quantitative estimate of drug-likeness (QED) is 0.713. The molecule has 1 amide bonds. The van der Waals surface area contributed by atoms with Crippen LogP contribution in [-0.2, 0) is 0 Å². The number of benzene rings is 1. The zero-order valence-electron chi connectivity index (χ0n) is 15.7. The highest BCUT2D eigenvalue weighted by Gasteiger charge is 2.40. The summed E-state index contributed by atoms with van der Waals surface area (Å²) in [6.45, 7) is 7.95. The first-order valence-corrected chi connectivity index (χ1v) is 9.91. The van der Waals surface area contributed by atoms with Crippen LogP contribution in [0.25, 0.3) is 0 Å². The van der Waals surface area contributed by atoms with Gasteiger partial charge in [-0.05, 0) is 68.2 Å². The maximum absolute atomic E-state index is 11.4. The smallest absolute Gasteiger partial charge is 0.248 e. The first kappa shape index (κ1) is 18.4. The van der Waals surface area contributed by atoms with Crippen molar-refractivity contribution in [3.8, 4) is 0 Å². The molecule has 4 heteroatoms. The van der Waals surface area contributed by atoms with Gasteiger partial charge in [0, 0.05) is 30.7 Å². The molecular formula is C21H33N3O. The van der Waals surface area contributed by atoms with Crippen molar-refractivity contribution in [2.24, 2.45) is 11.7 Å². The molecule has 2 aliphatic rings. The third-order valence-electron chi connectivity index (χ3n) is 5.97. The fourth-order valence-corrected chi connectivity index (χ4v) is 4.58. The van der Waals surface area contributed by atoms with Crippen LogP contribution in [0, 0.1) is 5.92 Å². The number of fused-ring (bicyclic) bond motifs is 2. The molecule has 4 nitrogen and oxygen atoms in total. The van der Waals surface area contributed by atoms with E-state index in [0.717, 1.165) is 19.0 Å². The minimum absolute atomic E-state index is 0.324. The molecule has 2 heterocycles. The second kappa shape index (κ2) is 8.33. The molecular weight excluding hydrogens is 310 g/mol.